The number of carbonyl (C=O) groups excluding carboxylic acids is 1. The van der Waals surface area contributed by atoms with Crippen LogP contribution in [0.2, 0.25) is 0 Å². The van der Waals surface area contributed by atoms with Crippen LogP contribution in [0.15, 0.2) is 30.6 Å². The number of ketones is 1. The second-order valence-electron chi connectivity index (χ2n) is 6.34. The van der Waals surface area contributed by atoms with Crippen molar-refractivity contribution in [3.63, 3.8) is 0 Å². The number of carbonyl (C=O) groups is 1. The number of rotatable bonds is 2. The largest absolute Gasteiger partial charge is 0.358 e. The molecule has 4 nitrogen and oxygen atoms in total. The Kier molecular flexibility index (Phi) is 2.93. The Hall–Kier alpha value is -2.36. The van der Waals surface area contributed by atoms with Crippen LogP contribution in [0.4, 0.5) is 0 Å². The Morgan fingerprint density at radius 2 is 2.14 bits per heavy atom. The second-order valence-corrected chi connectivity index (χ2v) is 6.34. The topological polar surface area (TPSA) is 61.5 Å². The summed E-state index contributed by atoms with van der Waals surface area (Å²) in [6.45, 7) is 4.21. The van der Waals surface area contributed by atoms with Crippen LogP contribution in [0.3, 0.4) is 0 Å². The summed E-state index contributed by atoms with van der Waals surface area (Å²) in [6.07, 6.45) is 3.31. The van der Waals surface area contributed by atoms with Crippen LogP contribution < -0.4 is 0 Å². The summed E-state index contributed by atoms with van der Waals surface area (Å²) in [5.41, 5.74) is 5.12. The van der Waals surface area contributed by atoms with Gasteiger partial charge in [-0.15, -0.1) is 0 Å². The minimum atomic E-state index is 0.0173. The lowest BCUT2D eigenvalue weighted by Crippen LogP contribution is -2.26. The van der Waals surface area contributed by atoms with Gasteiger partial charge in [-0.2, -0.15) is 0 Å². The molecule has 4 heteroatoms. The fourth-order valence-corrected chi connectivity index (χ4v) is 3.66. The van der Waals surface area contributed by atoms with Crippen molar-refractivity contribution in [1.82, 2.24) is 15.0 Å². The van der Waals surface area contributed by atoms with Crippen LogP contribution in [0, 0.1) is 12.8 Å². The number of nitrogens with zero attached hydrogens (tertiary/aromatic N) is 1. The molecule has 1 aromatic carbocycles. The number of aromatic amines is 2. The number of hydrogen-bond donors (Lipinski definition) is 2. The Bertz CT molecular complexity index is 858. The molecule has 0 bridgehead atoms. The molecule has 0 saturated carbocycles. The van der Waals surface area contributed by atoms with Crippen molar-refractivity contribution in [2.24, 2.45) is 5.92 Å². The van der Waals surface area contributed by atoms with Crippen LogP contribution in [0.5, 0.6) is 0 Å². The van der Waals surface area contributed by atoms with Crippen molar-refractivity contribution in [1.29, 1.82) is 0 Å². The molecule has 2 atom stereocenters. The highest BCUT2D eigenvalue weighted by atomic mass is 16.1. The van der Waals surface area contributed by atoms with Gasteiger partial charge in [-0.1, -0.05) is 25.1 Å². The molecular formula is C18H19N3O. The summed E-state index contributed by atoms with van der Waals surface area (Å²) in [5.74, 6) is 0.640. The third-order valence-electron chi connectivity index (χ3n) is 4.86. The van der Waals surface area contributed by atoms with Crippen molar-refractivity contribution in [2.45, 2.75) is 32.6 Å². The van der Waals surface area contributed by atoms with E-state index in [0.717, 1.165) is 46.4 Å². The molecule has 2 heterocycles. The summed E-state index contributed by atoms with van der Waals surface area (Å²) in [5, 5.41) is 1.05. The van der Waals surface area contributed by atoms with Crippen molar-refractivity contribution in [3.05, 3.63) is 53.2 Å². The number of aromatic nitrogens is 3. The molecule has 4 rings (SSSR count). The smallest absolute Gasteiger partial charge is 0.168 e. The molecular weight excluding hydrogens is 274 g/mol. The number of nitrogens with one attached hydrogen (secondary N) is 2. The summed E-state index contributed by atoms with van der Waals surface area (Å²) < 4.78 is 0. The molecule has 2 unspecified atom stereocenters. The number of benzene rings is 1. The molecule has 0 saturated heterocycles. The molecule has 0 amide bonds. The van der Waals surface area contributed by atoms with Crippen LogP contribution in [-0.4, -0.2) is 20.7 Å². The highest BCUT2D eigenvalue weighted by Crippen LogP contribution is 2.39. The molecule has 0 fully saturated rings. The van der Waals surface area contributed by atoms with Crippen LogP contribution in [0.25, 0.3) is 10.9 Å². The SMILES string of the molecule is Cc1[nH]cnc1CC1CC(C)c2[nH]c3ccccc3c2C1=O. The van der Waals surface area contributed by atoms with Crippen molar-refractivity contribution in [3.8, 4) is 0 Å². The normalized spacial score (nSPS) is 21.3. The fourth-order valence-electron chi connectivity index (χ4n) is 3.66. The minimum Gasteiger partial charge on any atom is -0.358 e. The number of aryl methyl sites for hydroxylation is 1. The molecule has 2 aromatic heterocycles. The Balaban J connectivity index is 1.77. The quantitative estimate of drug-likeness (QED) is 0.756. The Labute approximate surface area is 129 Å². The minimum absolute atomic E-state index is 0.0173. The molecule has 0 spiro atoms. The predicted molar refractivity (Wildman–Crippen MR) is 86.2 cm³/mol. The standard InChI is InChI=1S/C18H19N3O/c1-10-7-12(8-15-11(2)19-9-20-15)18(22)16-13-5-3-4-6-14(13)21-17(10)16/h3-6,9-10,12,21H,7-8H2,1-2H3,(H,19,20). The van der Waals surface area contributed by atoms with Gasteiger partial charge in [0.15, 0.2) is 5.78 Å². The predicted octanol–water partition coefficient (Wildman–Crippen LogP) is 3.75. The molecule has 1 aliphatic carbocycles. The van der Waals surface area contributed by atoms with E-state index in [1.165, 1.54) is 0 Å². The third-order valence-corrected chi connectivity index (χ3v) is 4.86. The summed E-state index contributed by atoms with van der Waals surface area (Å²) in [7, 11) is 0. The van der Waals surface area contributed by atoms with Crippen LogP contribution in [-0.2, 0) is 6.42 Å². The first-order valence-corrected chi connectivity index (χ1v) is 7.78. The first-order chi connectivity index (χ1) is 10.6. The first kappa shape index (κ1) is 13.3. The molecule has 1 aliphatic rings. The average Bonchev–Trinajstić information content (AvgIpc) is 3.09. The zero-order chi connectivity index (χ0) is 15.3. The van der Waals surface area contributed by atoms with E-state index in [1.807, 2.05) is 31.2 Å². The molecule has 3 aromatic rings. The maximum absolute atomic E-state index is 13.0. The van der Waals surface area contributed by atoms with Crippen molar-refractivity contribution >= 4 is 16.7 Å². The third kappa shape index (κ3) is 1.90. The van der Waals surface area contributed by atoms with Gasteiger partial charge in [-0.25, -0.2) is 4.98 Å². The van der Waals surface area contributed by atoms with Crippen LogP contribution in [0.1, 0.15) is 46.7 Å². The number of hydrogen-bond acceptors (Lipinski definition) is 2. The summed E-state index contributed by atoms with van der Waals surface area (Å²) >= 11 is 0. The van der Waals surface area contributed by atoms with Crippen molar-refractivity contribution < 1.29 is 4.79 Å². The van der Waals surface area contributed by atoms with E-state index in [2.05, 4.69) is 21.9 Å². The lowest BCUT2D eigenvalue weighted by Gasteiger charge is -2.26. The van der Waals surface area contributed by atoms with E-state index in [9.17, 15) is 4.79 Å². The van der Waals surface area contributed by atoms with Gasteiger partial charge >= 0.3 is 0 Å². The van der Waals surface area contributed by atoms with Gasteiger partial charge in [-0.3, -0.25) is 4.79 Å². The second kappa shape index (κ2) is 4.83. The maximum Gasteiger partial charge on any atom is 0.168 e. The monoisotopic (exact) mass is 293 g/mol. The van der Waals surface area contributed by atoms with E-state index in [-0.39, 0.29) is 11.7 Å². The zero-order valence-corrected chi connectivity index (χ0v) is 12.8. The van der Waals surface area contributed by atoms with Gasteiger partial charge in [0.1, 0.15) is 0 Å². The van der Waals surface area contributed by atoms with Gasteiger partial charge in [0.05, 0.1) is 12.0 Å². The molecule has 22 heavy (non-hydrogen) atoms. The summed E-state index contributed by atoms with van der Waals surface area (Å²) in [4.78, 5) is 23.9. The highest BCUT2D eigenvalue weighted by molar-refractivity contribution is 6.11. The van der Waals surface area contributed by atoms with E-state index < -0.39 is 0 Å². The molecule has 2 N–H and O–H groups in total. The fraction of sp³-hybridized carbons (Fsp3) is 0.333. The number of H-pyrrole nitrogens is 2. The molecule has 112 valence electrons. The van der Waals surface area contributed by atoms with Gasteiger partial charge in [-0.05, 0) is 25.3 Å². The number of imidazole rings is 1. The lowest BCUT2D eigenvalue weighted by molar-refractivity contribution is 0.0894. The molecule has 0 radical (unpaired) electrons. The van der Waals surface area contributed by atoms with E-state index in [4.69, 9.17) is 0 Å². The van der Waals surface area contributed by atoms with Gasteiger partial charge in [0, 0.05) is 40.2 Å². The molecule has 0 aliphatic heterocycles. The van der Waals surface area contributed by atoms with Crippen molar-refractivity contribution in [2.75, 3.05) is 0 Å². The van der Waals surface area contributed by atoms with Gasteiger partial charge in [0.2, 0.25) is 0 Å². The average molecular weight is 293 g/mol. The Morgan fingerprint density at radius 3 is 2.91 bits per heavy atom. The maximum atomic E-state index is 13.0. The van der Waals surface area contributed by atoms with E-state index in [0.29, 0.717) is 5.92 Å². The highest BCUT2D eigenvalue weighted by Gasteiger charge is 2.35. The number of Topliss-reactive ketones (excluding diaryl/α,β-unsaturated/α-hetero) is 1. The Morgan fingerprint density at radius 1 is 1.32 bits per heavy atom. The van der Waals surface area contributed by atoms with Gasteiger partial charge in [0.25, 0.3) is 0 Å². The summed E-state index contributed by atoms with van der Waals surface area (Å²) in [6, 6.07) is 8.08. The zero-order valence-electron chi connectivity index (χ0n) is 12.8. The number of para-hydroxylation sites is 1. The van der Waals surface area contributed by atoms with E-state index in [1.54, 1.807) is 6.33 Å². The van der Waals surface area contributed by atoms with E-state index >= 15 is 0 Å². The van der Waals surface area contributed by atoms with Crippen LogP contribution >= 0.6 is 0 Å². The first-order valence-electron chi connectivity index (χ1n) is 7.78. The number of fused-ring (bicyclic) bond motifs is 3. The lowest BCUT2D eigenvalue weighted by atomic mass is 9.77. The van der Waals surface area contributed by atoms with Gasteiger partial charge < -0.3 is 9.97 Å².